The van der Waals surface area contributed by atoms with Gasteiger partial charge in [-0.05, 0) is 49.7 Å². The summed E-state index contributed by atoms with van der Waals surface area (Å²) in [7, 11) is 0. The minimum absolute atomic E-state index is 0.188. The summed E-state index contributed by atoms with van der Waals surface area (Å²) in [6.07, 6.45) is 0.227. The maximum Gasteiger partial charge on any atom is 0.255 e. The highest BCUT2D eigenvalue weighted by Gasteiger charge is 2.11. The molecule has 2 aromatic carbocycles. The Labute approximate surface area is 137 Å². The van der Waals surface area contributed by atoms with Gasteiger partial charge in [0.05, 0.1) is 12.5 Å². The van der Waals surface area contributed by atoms with Crippen LogP contribution in [-0.2, 0) is 6.42 Å². The monoisotopic (exact) mass is 307 g/mol. The Balaban J connectivity index is 2.13. The lowest BCUT2D eigenvalue weighted by atomic mass is 10.0. The van der Waals surface area contributed by atoms with E-state index in [4.69, 9.17) is 5.26 Å². The molecule has 0 aliphatic heterocycles. The standard InChI is InChI=1S/C19H21N3O/c1-3-22(4-2)17-11-9-16(10-12-17)21-19(23)18-8-6-5-7-15(18)13-14-20/h5-12H,3-4,13H2,1-2H3,(H,21,23). The van der Waals surface area contributed by atoms with E-state index < -0.39 is 0 Å². The molecule has 0 saturated carbocycles. The number of anilines is 2. The average Bonchev–Trinajstić information content (AvgIpc) is 2.58. The first-order chi connectivity index (χ1) is 11.2. The Bertz CT molecular complexity index is 697. The van der Waals surface area contributed by atoms with Gasteiger partial charge in [-0.15, -0.1) is 0 Å². The maximum absolute atomic E-state index is 12.4. The van der Waals surface area contributed by atoms with Crippen LogP contribution in [-0.4, -0.2) is 19.0 Å². The first kappa shape index (κ1) is 16.6. The lowest BCUT2D eigenvalue weighted by Gasteiger charge is -2.21. The molecule has 0 aromatic heterocycles. The minimum atomic E-state index is -0.188. The fourth-order valence-corrected chi connectivity index (χ4v) is 2.52. The zero-order chi connectivity index (χ0) is 16.7. The molecule has 0 unspecified atom stereocenters. The quantitative estimate of drug-likeness (QED) is 0.882. The van der Waals surface area contributed by atoms with Crippen LogP contribution in [0.3, 0.4) is 0 Å². The highest BCUT2D eigenvalue weighted by Crippen LogP contribution is 2.19. The molecule has 0 aliphatic carbocycles. The number of amides is 1. The number of carbonyl (C=O) groups is 1. The van der Waals surface area contributed by atoms with Crippen molar-refractivity contribution < 1.29 is 4.79 Å². The van der Waals surface area contributed by atoms with Crippen molar-refractivity contribution in [2.75, 3.05) is 23.3 Å². The molecule has 0 fully saturated rings. The number of rotatable bonds is 6. The molecule has 23 heavy (non-hydrogen) atoms. The molecule has 2 rings (SSSR count). The molecule has 1 N–H and O–H groups in total. The fraction of sp³-hybridized carbons (Fsp3) is 0.263. The summed E-state index contributed by atoms with van der Waals surface area (Å²) >= 11 is 0. The van der Waals surface area contributed by atoms with Crippen LogP contribution in [0.25, 0.3) is 0 Å². The summed E-state index contributed by atoms with van der Waals surface area (Å²) in [6.45, 7) is 6.13. The van der Waals surface area contributed by atoms with E-state index in [-0.39, 0.29) is 12.3 Å². The van der Waals surface area contributed by atoms with Crippen molar-refractivity contribution in [3.8, 4) is 6.07 Å². The molecule has 0 spiro atoms. The van der Waals surface area contributed by atoms with E-state index in [1.807, 2.05) is 36.4 Å². The Morgan fingerprint density at radius 3 is 2.35 bits per heavy atom. The van der Waals surface area contributed by atoms with Crippen molar-refractivity contribution in [1.82, 2.24) is 0 Å². The molecule has 0 saturated heterocycles. The summed E-state index contributed by atoms with van der Waals surface area (Å²) in [5.41, 5.74) is 3.17. The summed E-state index contributed by atoms with van der Waals surface area (Å²) in [5.74, 6) is -0.188. The van der Waals surface area contributed by atoms with Gasteiger partial charge in [0.25, 0.3) is 5.91 Å². The van der Waals surface area contributed by atoms with Crippen molar-refractivity contribution in [3.63, 3.8) is 0 Å². The summed E-state index contributed by atoms with van der Waals surface area (Å²) in [4.78, 5) is 14.7. The Morgan fingerprint density at radius 1 is 1.09 bits per heavy atom. The van der Waals surface area contributed by atoms with Crippen LogP contribution < -0.4 is 10.2 Å². The van der Waals surface area contributed by atoms with Gasteiger partial charge in [-0.1, -0.05) is 18.2 Å². The summed E-state index contributed by atoms with van der Waals surface area (Å²) in [6, 6.07) is 17.1. The lowest BCUT2D eigenvalue weighted by molar-refractivity contribution is 0.102. The largest absolute Gasteiger partial charge is 0.372 e. The van der Waals surface area contributed by atoms with Gasteiger partial charge in [-0.3, -0.25) is 4.79 Å². The zero-order valence-corrected chi connectivity index (χ0v) is 13.5. The first-order valence-corrected chi connectivity index (χ1v) is 7.80. The van der Waals surface area contributed by atoms with E-state index in [1.54, 1.807) is 12.1 Å². The summed E-state index contributed by atoms with van der Waals surface area (Å²) < 4.78 is 0. The van der Waals surface area contributed by atoms with Crippen molar-refractivity contribution in [2.45, 2.75) is 20.3 Å². The molecule has 4 heteroatoms. The van der Waals surface area contributed by atoms with Crippen LogP contribution >= 0.6 is 0 Å². The van der Waals surface area contributed by atoms with Crippen LogP contribution in [0.2, 0.25) is 0 Å². The third-order valence-corrected chi connectivity index (χ3v) is 3.79. The van der Waals surface area contributed by atoms with Crippen LogP contribution in [0, 0.1) is 11.3 Å². The third-order valence-electron chi connectivity index (χ3n) is 3.79. The predicted molar refractivity (Wildman–Crippen MR) is 93.7 cm³/mol. The van der Waals surface area contributed by atoms with Crippen LogP contribution in [0.15, 0.2) is 48.5 Å². The predicted octanol–water partition coefficient (Wildman–Crippen LogP) is 3.85. The molecule has 0 aliphatic rings. The lowest BCUT2D eigenvalue weighted by Crippen LogP contribution is -2.21. The number of hydrogen-bond donors (Lipinski definition) is 1. The molecule has 0 radical (unpaired) electrons. The zero-order valence-electron chi connectivity index (χ0n) is 13.5. The highest BCUT2D eigenvalue weighted by atomic mass is 16.1. The smallest absolute Gasteiger partial charge is 0.255 e. The highest BCUT2D eigenvalue weighted by molar-refractivity contribution is 6.05. The van der Waals surface area contributed by atoms with Gasteiger partial charge in [0.1, 0.15) is 0 Å². The van der Waals surface area contributed by atoms with Gasteiger partial charge in [0.2, 0.25) is 0 Å². The second-order valence-electron chi connectivity index (χ2n) is 5.17. The Kier molecular flexibility index (Phi) is 5.76. The third kappa shape index (κ3) is 4.10. The second-order valence-corrected chi connectivity index (χ2v) is 5.17. The molecule has 2 aromatic rings. The van der Waals surface area contributed by atoms with Gasteiger partial charge in [0.15, 0.2) is 0 Å². The Hall–Kier alpha value is -2.80. The van der Waals surface area contributed by atoms with Crippen molar-refractivity contribution in [3.05, 3.63) is 59.7 Å². The van der Waals surface area contributed by atoms with E-state index in [0.717, 1.165) is 30.0 Å². The van der Waals surface area contributed by atoms with E-state index >= 15 is 0 Å². The van der Waals surface area contributed by atoms with Crippen LogP contribution in [0.5, 0.6) is 0 Å². The second kappa shape index (κ2) is 8.00. The van der Waals surface area contributed by atoms with E-state index in [2.05, 4.69) is 30.1 Å². The molecule has 0 heterocycles. The number of carbonyl (C=O) groups excluding carboxylic acids is 1. The molecule has 1 amide bonds. The van der Waals surface area contributed by atoms with Gasteiger partial charge >= 0.3 is 0 Å². The van der Waals surface area contributed by atoms with Crippen LogP contribution in [0.1, 0.15) is 29.8 Å². The van der Waals surface area contributed by atoms with Gasteiger partial charge < -0.3 is 10.2 Å². The van der Waals surface area contributed by atoms with Gasteiger partial charge in [0, 0.05) is 30.0 Å². The number of benzene rings is 2. The molecule has 0 atom stereocenters. The topological polar surface area (TPSA) is 56.1 Å². The average molecular weight is 307 g/mol. The maximum atomic E-state index is 12.4. The number of hydrogen-bond acceptors (Lipinski definition) is 3. The SMILES string of the molecule is CCN(CC)c1ccc(NC(=O)c2ccccc2CC#N)cc1. The number of nitrogens with zero attached hydrogens (tertiary/aromatic N) is 2. The molecule has 0 bridgehead atoms. The van der Waals surface area contributed by atoms with E-state index in [1.165, 1.54) is 0 Å². The molecule has 118 valence electrons. The van der Waals surface area contributed by atoms with E-state index in [9.17, 15) is 4.79 Å². The normalized spacial score (nSPS) is 9.96. The number of nitrogens with one attached hydrogen (secondary N) is 1. The number of nitriles is 1. The van der Waals surface area contributed by atoms with Gasteiger partial charge in [-0.25, -0.2) is 0 Å². The fourth-order valence-electron chi connectivity index (χ4n) is 2.52. The van der Waals surface area contributed by atoms with Crippen LogP contribution in [0.4, 0.5) is 11.4 Å². The molecular weight excluding hydrogens is 286 g/mol. The summed E-state index contributed by atoms with van der Waals surface area (Å²) in [5, 5.41) is 11.8. The van der Waals surface area contributed by atoms with Gasteiger partial charge in [-0.2, -0.15) is 5.26 Å². The first-order valence-electron chi connectivity index (χ1n) is 7.80. The molecular formula is C19H21N3O. The Morgan fingerprint density at radius 2 is 1.74 bits per heavy atom. The van der Waals surface area contributed by atoms with Crippen molar-refractivity contribution in [2.24, 2.45) is 0 Å². The molecule has 4 nitrogen and oxygen atoms in total. The van der Waals surface area contributed by atoms with Crippen molar-refractivity contribution in [1.29, 1.82) is 5.26 Å². The van der Waals surface area contributed by atoms with Crippen molar-refractivity contribution >= 4 is 17.3 Å². The minimum Gasteiger partial charge on any atom is -0.372 e. The van der Waals surface area contributed by atoms with E-state index in [0.29, 0.717) is 5.56 Å².